The summed E-state index contributed by atoms with van der Waals surface area (Å²) in [5.74, 6) is -0.926. The van der Waals surface area contributed by atoms with Gasteiger partial charge in [-0.25, -0.2) is 13.1 Å². The van der Waals surface area contributed by atoms with Crippen LogP contribution in [0.15, 0.2) is 17.2 Å². The van der Waals surface area contributed by atoms with Crippen molar-refractivity contribution in [3.8, 4) is 0 Å². The van der Waals surface area contributed by atoms with Crippen molar-refractivity contribution >= 4 is 15.9 Å². The van der Waals surface area contributed by atoms with Crippen LogP contribution >= 0.6 is 0 Å². The van der Waals surface area contributed by atoms with E-state index < -0.39 is 26.8 Å². The summed E-state index contributed by atoms with van der Waals surface area (Å²) >= 11 is 0. The molecule has 0 aromatic carbocycles. The molecule has 7 heteroatoms. The van der Waals surface area contributed by atoms with E-state index >= 15 is 0 Å². The molecule has 100 valence electrons. The van der Waals surface area contributed by atoms with Gasteiger partial charge in [0.25, 0.3) is 5.91 Å². The molecule has 1 aromatic heterocycles. The van der Waals surface area contributed by atoms with Crippen LogP contribution in [0.4, 0.5) is 0 Å². The van der Waals surface area contributed by atoms with E-state index in [0.717, 1.165) is 6.26 Å². The van der Waals surface area contributed by atoms with Crippen LogP contribution in [-0.2, 0) is 15.4 Å². The van der Waals surface area contributed by atoms with Crippen molar-refractivity contribution in [2.45, 2.75) is 26.2 Å². The number of sulfonamides is 1. The van der Waals surface area contributed by atoms with Gasteiger partial charge in [-0.1, -0.05) is 20.8 Å². The van der Waals surface area contributed by atoms with Crippen LogP contribution in [0.1, 0.15) is 36.7 Å². The van der Waals surface area contributed by atoms with Gasteiger partial charge in [0.2, 0.25) is 10.0 Å². The molecule has 0 fully saturated rings. The van der Waals surface area contributed by atoms with Gasteiger partial charge in [-0.15, -0.1) is 0 Å². The van der Waals surface area contributed by atoms with Crippen molar-refractivity contribution in [1.29, 1.82) is 0 Å². The number of rotatable bonds is 2. The molecule has 0 aliphatic rings. The molecule has 18 heavy (non-hydrogen) atoms. The third-order valence-electron chi connectivity index (χ3n) is 2.28. The Bertz CT molecular complexity index is 623. The monoisotopic (exact) mass is 272 g/mol. The smallest absolute Gasteiger partial charge is 0.270 e. The first-order valence-electron chi connectivity index (χ1n) is 5.26. The SMILES string of the molecule is CC(C)(C)c1c[nH]cc(C(=O)NS(C)(=O)=O)c1=O. The Morgan fingerprint density at radius 2 is 1.83 bits per heavy atom. The van der Waals surface area contributed by atoms with E-state index in [4.69, 9.17) is 0 Å². The van der Waals surface area contributed by atoms with Crippen LogP contribution in [0.3, 0.4) is 0 Å². The largest absolute Gasteiger partial charge is 0.366 e. The molecular formula is C11H16N2O4S. The Labute approximate surface area is 105 Å². The molecule has 1 aromatic rings. The minimum Gasteiger partial charge on any atom is -0.366 e. The fourth-order valence-corrected chi connectivity index (χ4v) is 1.88. The maximum Gasteiger partial charge on any atom is 0.270 e. The number of amides is 1. The number of hydrogen-bond donors (Lipinski definition) is 2. The molecule has 1 heterocycles. The Morgan fingerprint density at radius 1 is 1.28 bits per heavy atom. The number of carbonyl (C=O) groups excluding carboxylic acids is 1. The summed E-state index contributed by atoms with van der Waals surface area (Å²) < 4.78 is 23.7. The molecule has 0 atom stereocenters. The molecule has 0 aliphatic carbocycles. The highest BCUT2D eigenvalue weighted by Gasteiger charge is 2.22. The quantitative estimate of drug-likeness (QED) is 0.812. The van der Waals surface area contributed by atoms with Gasteiger partial charge in [-0.3, -0.25) is 9.59 Å². The fourth-order valence-electron chi connectivity index (χ4n) is 1.43. The second-order valence-corrected chi connectivity index (χ2v) is 6.81. The lowest BCUT2D eigenvalue weighted by Gasteiger charge is -2.18. The number of pyridine rings is 1. The molecule has 0 aliphatic heterocycles. The third-order valence-corrected chi connectivity index (χ3v) is 2.83. The first kappa shape index (κ1) is 14.4. The lowest BCUT2D eigenvalue weighted by Crippen LogP contribution is -2.35. The number of carbonyl (C=O) groups is 1. The predicted octanol–water partition coefficient (Wildman–Crippen LogP) is 0.362. The van der Waals surface area contributed by atoms with Crippen LogP contribution in [0, 0.1) is 0 Å². The van der Waals surface area contributed by atoms with Crippen LogP contribution in [0.25, 0.3) is 0 Å². The zero-order chi connectivity index (χ0) is 14.1. The second-order valence-electron chi connectivity index (χ2n) is 5.07. The van der Waals surface area contributed by atoms with Crippen molar-refractivity contribution in [3.05, 3.63) is 33.7 Å². The zero-order valence-corrected chi connectivity index (χ0v) is 11.5. The predicted molar refractivity (Wildman–Crippen MR) is 68.1 cm³/mol. The molecule has 0 unspecified atom stereocenters. The standard InChI is InChI=1S/C11H16N2O4S/c1-11(2,3)8-6-12-5-7(9(8)14)10(15)13-18(4,16)17/h5-6H,1-4H3,(H,12,14)(H,13,15). The first-order valence-corrected chi connectivity index (χ1v) is 7.15. The summed E-state index contributed by atoms with van der Waals surface area (Å²) in [6.07, 6.45) is 3.56. The Kier molecular flexibility index (Phi) is 3.66. The van der Waals surface area contributed by atoms with Crippen LogP contribution in [-0.4, -0.2) is 25.6 Å². The third kappa shape index (κ3) is 3.43. The lowest BCUT2D eigenvalue weighted by atomic mass is 9.87. The minimum absolute atomic E-state index is 0.215. The number of hydrogen-bond acceptors (Lipinski definition) is 4. The fraction of sp³-hybridized carbons (Fsp3) is 0.455. The molecule has 0 spiro atoms. The summed E-state index contributed by atoms with van der Waals surface area (Å²) in [6.45, 7) is 5.49. The highest BCUT2D eigenvalue weighted by atomic mass is 32.2. The number of aromatic amines is 1. The van der Waals surface area contributed by atoms with Crippen molar-refractivity contribution in [1.82, 2.24) is 9.71 Å². The average Bonchev–Trinajstić information content (AvgIpc) is 2.12. The van der Waals surface area contributed by atoms with Crippen LogP contribution in [0.5, 0.6) is 0 Å². The topological polar surface area (TPSA) is 96.1 Å². The molecule has 1 rings (SSSR count). The van der Waals surface area contributed by atoms with Gasteiger partial charge in [0, 0.05) is 18.0 Å². The number of nitrogens with one attached hydrogen (secondary N) is 2. The highest BCUT2D eigenvalue weighted by molar-refractivity contribution is 7.89. The molecule has 2 N–H and O–H groups in total. The van der Waals surface area contributed by atoms with E-state index in [1.807, 2.05) is 20.8 Å². The normalized spacial score (nSPS) is 12.2. The van der Waals surface area contributed by atoms with Gasteiger partial charge in [-0.05, 0) is 5.41 Å². The maximum atomic E-state index is 12.1. The van der Waals surface area contributed by atoms with Crippen molar-refractivity contribution in [2.75, 3.05) is 6.26 Å². The Hall–Kier alpha value is -1.63. The van der Waals surface area contributed by atoms with E-state index in [2.05, 4.69) is 4.98 Å². The van der Waals surface area contributed by atoms with E-state index in [1.54, 1.807) is 4.72 Å². The molecular weight excluding hydrogens is 256 g/mol. The highest BCUT2D eigenvalue weighted by Crippen LogP contribution is 2.17. The summed E-state index contributed by atoms with van der Waals surface area (Å²) in [5, 5.41) is 0. The zero-order valence-electron chi connectivity index (χ0n) is 10.7. The van der Waals surface area contributed by atoms with Gasteiger partial charge in [0.05, 0.1) is 6.26 Å². The van der Waals surface area contributed by atoms with Gasteiger partial charge in [0.15, 0.2) is 5.43 Å². The Balaban J connectivity index is 3.29. The van der Waals surface area contributed by atoms with Crippen molar-refractivity contribution < 1.29 is 13.2 Å². The summed E-state index contributed by atoms with van der Waals surface area (Å²) in [7, 11) is -3.69. The summed E-state index contributed by atoms with van der Waals surface area (Å²) in [6, 6.07) is 0. The molecule has 0 radical (unpaired) electrons. The van der Waals surface area contributed by atoms with Gasteiger partial charge in [0.1, 0.15) is 5.56 Å². The lowest BCUT2D eigenvalue weighted by molar-refractivity contribution is 0.0980. The van der Waals surface area contributed by atoms with Gasteiger partial charge in [-0.2, -0.15) is 0 Å². The van der Waals surface area contributed by atoms with Crippen molar-refractivity contribution in [3.63, 3.8) is 0 Å². The van der Waals surface area contributed by atoms with Gasteiger partial charge >= 0.3 is 0 Å². The average molecular weight is 272 g/mol. The Morgan fingerprint density at radius 3 is 2.28 bits per heavy atom. The molecule has 1 amide bonds. The molecule has 0 saturated carbocycles. The number of aromatic nitrogens is 1. The van der Waals surface area contributed by atoms with E-state index in [9.17, 15) is 18.0 Å². The molecule has 6 nitrogen and oxygen atoms in total. The van der Waals surface area contributed by atoms with E-state index in [0.29, 0.717) is 5.56 Å². The van der Waals surface area contributed by atoms with Crippen LogP contribution in [0.2, 0.25) is 0 Å². The maximum absolute atomic E-state index is 12.1. The first-order chi connectivity index (χ1) is 8.02. The summed E-state index contributed by atoms with van der Waals surface area (Å²) in [5.41, 5.74) is -0.700. The van der Waals surface area contributed by atoms with E-state index in [-0.39, 0.29) is 5.56 Å². The minimum atomic E-state index is -3.69. The van der Waals surface area contributed by atoms with E-state index in [1.165, 1.54) is 12.4 Å². The van der Waals surface area contributed by atoms with Crippen LogP contribution < -0.4 is 10.2 Å². The molecule has 0 saturated heterocycles. The number of H-pyrrole nitrogens is 1. The van der Waals surface area contributed by atoms with Crippen molar-refractivity contribution in [2.24, 2.45) is 0 Å². The second kappa shape index (κ2) is 4.56. The summed E-state index contributed by atoms with van der Waals surface area (Å²) in [4.78, 5) is 26.4. The molecule has 0 bridgehead atoms. The van der Waals surface area contributed by atoms with Gasteiger partial charge < -0.3 is 4.98 Å².